The Balaban J connectivity index is 1.55. The van der Waals surface area contributed by atoms with E-state index in [-0.39, 0.29) is 0 Å². The second kappa shape index (κ2) is 11.8. The van der Waals surface area contributed by atoms with E-state index in [4.69, 9.17) is 28.8 Å². The maximum Gasteiger partial charge on any atom is 0.160 e. The average molecular weight is 641 g/mol. The predicted octanol–water partition coefficient (Wildman–Crippen LogP) is 12.3. The molecule has 0 aliphatic carbocycles. The van der Waals surface area contributed by atoms with Crippen LogP contribution in [0.1, 0.15) is 41.1 Å². The van der Waals surface area contributed by atoms with Gasteiger partial charge in [-0.3, -0.25) is 0 Å². The number of nitrogens with zero attached hydrogens (tertiary/aromatic N) is 2. The van der Waals surface area contributed by atoms with E-state index in [9.17, 15) is 12.3 Å². The summed E-state index contributed by atoms with van der Waals surface area (Å²) in [5.41, 5.74) is -7.82. The highest BCUT2D eigenvalue weighted by atomic mass is 14.9. The van der Waals surface area contributed by atoms with Gasteiger partial charge in [0.1, 0.15) is 0 Å². The largest absolute Gasteiger partial charge is 0.228 e. The van der Waals surface area contributed by atoms with Gasteiger partial charge in [-0.2, -0.15) is 0 Å². The van der Waals surface area contributed by atoms with Crippen molar-refractivity contribution < 1.29 is 41.1 Å². The van der Waals surface area contributed by atoms with Gasteiger partial charge in [0.05, 0.1) is 52.5 Å². The lowest BCUT2D eigenvalue weighted by molar-refractivity contribution is 1.19. The molecular weight excluding hydrogens is 581 g/mol. The average Bonchev–Trinajstić information content (AvgIpc) is 3.41. The third kappa shape index (κ3) is 4.92. The predicted molar refractivity (Wildman–Crippen MR) is 202 cm³/mol. The highest BCUT2D eigenvalue weighted by molar-refractivity contribution is 6.07. The number of hydrogen-bond donors (Lipinski definition) is 0. The van der Waals surface area contributed by atoms with Crippen LogP contribution < -0.4 is 0 Å². The molecule has 0 radical (unpaired) electrons. The number of hydrogen-bond acceptors (Lipinski definition) is 2. The van der Waals surface area contributed by atoms with Crippen molar-refractivity contribution in [3.05, 3.63) is 181 Å². The first-order valence-corrected chi connectivity index (χ1v) is 13.9. The van der Waals surface area contributed by atoms with Crippen LogP contribution in [0, 0.1) is 0 Å². The molecule has 0 N–H and O–H groups in total. The Morgan fingerprint density at radius 3 is 1.33 bits per heavy atom. The second-order valence-electron chi connectivity index (χ2n) is 9.87. The van der Waals surface area contributed by atoms with Gasteiger partial charge in [-0.05, 0) is 66.7 Å². The van der Waals surface area contributed by atoms with Crippen molar-refractivity contribution >= 4 is 32.3 Å². The van der Waals surface area contributed by atoms with Crippen molar-refractivity contribution in [3.8, 4) is 56.2 Å². The molecule has 0 unspecified atom stereocenters. The summed E-state index contributed by atoms with van der Waals surface area (Å²) in [5.74, 6) is -0.976. The molecule has 0 bridgehead atoms. The molecule has 2 heteroatoms. The van der Waals surface area contributed by atoms with Crippen LogP contribution in [0.2, 0.25) is 0 Å². The van der Waals surface area contributed by atoms with Crippen molar-refractivity contribution in [2.75, 3.05) is 0 Å². The molecule has 1 aromatic heterocycles. The minimum Gasteiger partial charge on any atom is -0.228 e. The maximum atomic E-state index is 9.90. The van der Waals surface area contributed by atoms with Crippen molar-refractivity contribution in [2.24, 2.45) is 0 Å². The van der Waals surface area contributed by atoms with Gasteiger partial charge in [-0.25, -0.2) is 9.97 Å². The molecule has 0 saturated carbocycles. The zero-order valence-electron chi connectivity index (χ0n) is 53.9. The van der Waals surface area contributed by atoms with Gasteiger partial charge in [-0.15, -0.1) is 0 Å². The normalized spacial score (nSPS) is 20.1. The monoisotopic (exact) mass is 640 g/mol. The molecule has 0 amide bonds. The Bertz CT molecular complexity index is 4270. The summed E-state index contributed by atoms with van der Waals surface area (Å²) < 4.78 is 267. The first-order chi connectivity index (χ1) is 36.3. The molecule has 2 nitrogen and oxygen atoms in total. The van der Waals surface area contributed by atoms with Crippen LogP contribution in [0.5, 0.6) is 0 Å². The molecule has 0 fully saturated rings. The molecule has 0 aliphatic heterocycles. The highest BCUT2D eigenvalue weighted by Gasteiger charge is 2.17. The second-order valence-corrected chi connectivity index (χ2v) is 9.87. The minimum absolute atomic E-state index is 0.587. The Kier molecular flexibility index (Phi) is 2.66. The van der Waals surface area contributed by atoms with Crippen LogP contribution in [0.3, 0.4) is 0 Å². The van der Waals surface area contributed by atoms with Gasteiger partial charge in [0.15, 0.2) is 5.82 Å². The van der Waals surface area contributed by atoms with Crippen molar-refractivity contribution in [1.29, 1.82) is 0 Å². The molecule has 0 atom stereocenters. The molecule has 9 aromatic rings. The van der Waals surface area contributed by atoms with Crippen LogP contribution in [-0.2, 0) is 0 Å². The Morgan fingerprint density at radius 1 is 0.312 bits per heavy atom. The lowest BCUT2D eigenvalue weighted by atomic mass is 9.91. The lowest BCUT2D eigenvalue weighted by Crippen LogP contribution is -1.97. The van der Waals surface area contributed by atoms with E-state index in [1.54, 1.807) is 0 Å². The molecule has 48 heavy (non-hydrogen) atoms. The molecule has 224 valence electrons. The summed E-state index contributed by atoms with van der Waals surface area (Å²) in [6.07, 6.45) is 0. The zero-order valence-corrected chi connectivity index (χ0v) is 23.9. The maximum absolute atomic E-state index is 9.90. The topological polar surface area (TPSA) is 25.8 Å². The molecule has 9 rings (SSSR count). The first-order valence-electron chi connectivity index (χ1n) is 28.9. The van der Waals surface area contributed by atoms with Crippen molar-refractivity contribution in [1.82, 2.24) is 9.97 Å². The quantitative estimate of drug-likeness (QED) is 0.187. The number of benzene rings is 8. The summed E-state index contributed by atoms with van der Waals surface area (Å²) >= 11 is 0. The van der Waals surface area contributed by atoms with Gasteiger partial charge in [-0.1, -0.05) is 169 Å². The molecule has 8 aromatic carbocycles. The molecular formula is C46H30N2. The van der Waals surface area contributed by atoms with E-state index < -0.39 is 270 Å². The van der Waals surface area contributed by atoms with Crippen molar-refractivity contribution in [2.45, 2.75) is 0 Å². The summed E-state index contributed by atoms with van der Waals surface area (Å²) in [5, 5.41) is -4.39. The van der Waals surface area contributed by atoms with Gasteiger partial charge in [0, 0.05) is 16.7 Å². The summed E-state index contributed by atoms with van der Waals surface area (Å²) in [4.78, 5) is 8.75. The fourth-order valence-corrected chi connectivity index (χ4v) is 5.00. The number of aromatic nitrogens is 2. The van der Waals surface area contributed by atoms with Crippen LogP contribution >= 0.6 is 0 Å². The summed E-state index contributed by atoms with van der Waals surface area (Å²) in [7, 11) is 0. The summed E-state index contributed by atoms with van der Waals surface area (Å²) in [6.45, 7) is 0. The van der Waals surface area contributed by atoms with Crippen LogP contribution in [-0.4, -0.2) is 9.97 Å². The van der Waals surface area contributed by atoms with Gasteiger partial charge in [0.25, 0.3) is 0 Å². The van der Waals surface area contributed by atoms with Gasteiger partial charge >= 0.3 is 0 Å². The first kappa shape index (κ1) is 10.8. The van der Waals surface area contributed by atoms with Gasteiger partial charge < -0.3 is 0 Å². The van der Waals surface area contributed by atoms with E-state index in [0.717, 1.165) is 0 Å². The molecule has 0 saturated heterocycles. The molecule has 0 spiro atoms. The van der Waals surface area contributed by atoms with Crippen LogP contribution in [0.4, 0.5) is 0 Å². The van der Waals surface area contributed by atoms with Crippen LogP contribution in [0.15, 0.2) is 181 Å². The van der Waals surface area contributed by atoms with Crippen molar-refractivity contribution in [3.63, 3.8) is 0 Å². The standard InChI is InChI=1S/C46H30N2/c1-3-14-32(15-4-1)36-25-27-42(40-21-11-9-19-38(36)40)44-30-45(48-46(47-44)33-16-5-2-6-17-33)43-28-26-37(39-20-10-12-22-41(39)43)35-24-23-31-13-7-8-18-34(31)29-35/h1-30H/i1D,2D,3D,4D,5D,6D,7D,8D,9D,10D,11D,12D,13D,14D,15D,16D,17D,18D,19D,20D,21D,22D,23D,24D,25D,26D,27D,28D,29D,30D. The van der Waals surface area contributed by atoms with E-state index in [0.29, 0.717) is 0 Å². The number of rotatable bonds is 5. The Morgan fingerprint density at radius 2 is 0.750 bits per heavy atom. The third-order valence-corrected chi connectivity index (χ3v) is 7.12. The SMILES string of the molecule is [2H]c1c(-c2c([2H])c([2H])c(-c3c([2H])c([2H])c([2H])c([2H])c3[2H])c3c([2H])c([2H])c([2H])c([2H])c23)nc(-c2c([2H])c([2H])c([2H])c([2H])c2[2H])nc1-c1c([2H])c([2H])c(-c2c([2H])c([2H])c3c([2H])c([2H])c([2H])c([2H])c3c2[2H])c2c([2H])c([2H])c([2H])c([2H])c12. The fraction of sp³-hybridized carbons (Fsp3) is 0. The lowest BCUT2D eigenvalue weighted by Gasteiger charge is -2.15. The van der Waals surface area contributed by atoms with E-state index in [1.165, 1.54) is 0 Å². The molecule has 1 heterocycles. The van der Waals surface area contributed by atoms with E-state index in [2.05, 4.69) is 9.97 Å². The minimum atomic E-state index is -1.15. The number of fused-ring (bicyclic) bond motifs is 3. The van der Waals surface area contributed by atoms with Crippen LogP contribution in [0.25, 0.3) is 88.5 Å². The summed E-state index contributed by atoms with van der Waals surface area (Å²) in [6, 6.07) is -29.5. The Hall–Kier alpha value is -6.38. The Labute approximate surface area is 321 Å². The van der Waals surface area contributed by atoms with E-state index >= 15 is 0 Å². The fourth-order valence-electron chi connectivity index (χ4n) is 5.00. The molecule has 0 aliphatic rings. The smallest absolute Gasteiger partial charge is 0.160 e. The van der Waals surface area contributed by atoms with Gasteiger partial charge in [0.2, 0.25) is 0 Å². The third-order valence-electron chi connectivity index (χ3n) is 7.12. The zero-order chi connectivity index (χ0) is 58.0. The van der Waals surface area contributed by atoms with E-state index in [1.807, 2.05) is 0 Å². The highest BCUT2D eigenvalue weighted by Crippen LogP contribution is 2.40.